The van der Waals surface area contributed by atoms with E-state index >= 15 is 0 Å². The third kappa shape index (κ3) is 2.70. The number of ether oxygens (including phenoxy) is 2. The van der Waals surface area contributed by atoms with Crippen molar-refractivity contribution >= 4 is 16.6 Å². The summed E-state index contributed by atoms with van der Waals surface area (Å²) in [7, 11) is 0. The van der Waals surface area contributed by atoms with Crippen molar-refractivity contribution in [2.45, 2.75) is 20.0 Å². The number of nitrogens with zero attached hydrogens (tertiary/aromatic N) is 2. The van der Waals surface area contributed by atoms with Gasteiger partial charge in [-0.15, -0.1) is 0 Å². The molecule has 2 heterocycles. The van der Waals surface area contributed by atoms with Crippen molar-refractivity contribution in [2.75, 3.05) is 31.2 Å². The second-order valence-electron chi connectivity index (χ2n) is 5.28. The predicted molar refractivity (Wildman–Crippen MR) is 80.5 cm³/mol. The van der Waals surface area contributed by atoms with Crippen molar-refractivity contribution < 1.29 is 9.47 Å². The van der Waals surface area contributed by atoms with Gasteiger partial charge in [-0.1, -0.05) is 0 Å². The predicted octanol–water partition coefficient (Wildman–Crippen LogP) is 2.86. The van der Waals surface area contributed by atoms with Crippen LogP contribution in [0.25, 0.3) is 10.9 Å². The number of hydrogen-bond donors (Lipinski definition) is 0. The van der Waals surface area contributed by atoms with E-state index < -0.39 is 0 Å². The Labute approximate surface area is 119 Å². The molecule has 0 bridgehead atoms. The number of fused-ring (bicyclic) bond motifs is 1. The van der Waals surface area contributed by atoms with E-state index in [0.29, 0.717) is 0 Å². The van der Waals surface area contributed by atoms with Crippen molar-refractivity contribution in [3.05, 3.63) is 30.5 Å². The highest BCUT2D eigenvalue weighted by molar-refractivity contribution is 5.88. The summed E-state index contributed by atoms with van der Waals surface area (Å²) in [5.41, 5.74) is 2.18. The molecule has 1 aromatic carbocycles. The van der Waals surface area contributed by atoms with E-state index in [2.05, 4.69) is 28.1 Å². The number of morpholine rings is 1. The Hall–Kier alpha value is -1.81. The van der Waals surface area contributed by atoms with Crippen LogP contribution in [0.15, 0.2) is 30.5 Å². The summed E-state index contributed by atoms with van der Waals surface area (Å²) in [5.74, 6) is 0.903. The van der Waals surface area contributed by atoms with Crippen LogP contribution in [-0.2, 0) is 4.74 Å². The van der Waals surface area contributed by atoms with Gasteiger partial charge in [0.2, 0.25) is 0 Å². The lowest BCUT2D eigenvalue weighted by Crippen LogP contribution is -2.36. The van der Waals surface area contributed by atoms with E-state index in [1.165, 1.54) is 5.69 Å². The minimum absolute atomic E-state index is 0.160. The molecule has 4 heteroatoms. The minimum Gasteiger partial charge on any atom is -0.490 e. The number of anilines is 1. The first-order valence-corrected chi connectivity index (χ1v) is 7.12. The van der Waals surface area contributed by atoms with E-state index in [9.17, 15) is 0 Å². The Morgan fingerprint density at radius 2 is 2.00 bits per heavy atom. The molecule has 4 nitrogen and oxygen atoms in total. The molecule has 1 fully saturated rings. The van der Waals surface area contributed by atoms with Gasteiger partial charge >= 0.3 is 0 Å². The zero-order valence-electron chi connectivity index (χ0n) is 12.0. The van der Waals surface area contributed by atoms with Crippen LogP contribution in [0.1, 0.15) is 13.8 Å². The van der Waals surface area contributed by atoms with E-state index in [1.807, 2.05) is 19.9 Å². The molecule has 0 saturated carbocycles. The van der Waals surface area contributed by atoms with Gasteiger partial charge in [0.15, 0.2) is 0 Å². The molecule has 1 aliphatic heterocycles. The highest BCUT2D eigenvalue weighted by Gasteiger charge is 2.13. The van der Waals surface area contributed by atoms with Gasteiger partial charge in [0.25, 0.3) is 0 Å². The van der Waals surface area contributed by atoms with Crippen LogP contribution in [0.3, 0.4) is 0 Å². The lowest BCUT2D eigenvalue weighted by atomic mass is 10.1. The average molecular weight is 272 g/mol. The third-order valence-corrected chi connectivity index (χ3v) is 3.42. The Bertz CT molecular complexity index is 592. The van der Waals surface area contributed by atoms with Gasteiger partial charge in [-0.2, -0.15) is 0 Å². The lowest BCUT2D eigenvalue weighted by Gasteiger charge is -2.29. The smallest absolute Gasteiger partial charge is 0.130 e. The molecule has 0 amide bonds. The second-order valence-corrected chi connectivity index (χ2v) is 5.28. The summed E-state index contributed by atoms with van der Waals surface area (Å²) in [4.78, 5) is 6.75. The Morgan fingerprint density at radius 1 is 1.20 bits per heavy atom. The van der Waals surface area contributed by atoms with Gasteiger partial charge in [-0.25, -0.2) is 0 Å². The Morgan fingerprint density at radius 3 is 2.75 bits per heavy atom. The van der Waals surface area contributed by atoms with E-state index in [-0.39, 0.29) is 6.10 Å². The highest BCUT2D eigenvalue weighted by atomic mass is 16.5. The van der Waals surface area contributed by atoms with Gasteiger partial charge in [0.05, 0.1) is 24.8 Å². The molecular weight excluding hydrogens is 252 g/mol. The summed E-state index contributed by atoms with van der Waals surface area (Å²) < 4.78 is 11.3. The molecule has 0 N–H and O–H groups in total. The second kappa shape index (κ2) is 5.67. The highest BCUT2D eigenvalue weighted by Crippen LogP contribution is 2.29. The molecule has 2 aromatic rings. The number of rotatable bonds is 3. The summed E-state index contributed by atoms with van der Waals surface area (Å²) in [6.45, 7) is 7.54. The standard InChI is InChI=1S/C16H20N2O2/c1-12(2)20-16-5-6-17-15-4-3-13(11-14(15)16)18-7-9-19-10-8-18/h3-6,11-12H,7-10H2,1-2H3. The first-order valence-electron chi connectivity index (χ1n) is 7.12. The molecule has 3 rings (SSSR count). The summed E-state index contributed by atoms with van der Waals surface area (Å²) in [6.07, 6.45) is 1.96. The van der Waals surface area contributed by atoms with E-state index in [4.69, 9.17) is 9.47 Å². The fourth-order valence-corrected chi connectivity index (χ4v) is 2.48. The molecule has 0 spiro atoms. The summed E-state index contributed by atoms with van der Waals surface area (Å²) in [6, 6.07) is 8.30. The quantitative estimate of drug-likeness (QED) is 0.860. The SMILES string of the molecule is CC(C)Oc1ccnc2ccc(N3CCOCC3)cc12. The van der Waals surface area contributed by atoms with Crippen LogP contribution in [0.2, 0.25) is 0 Å². The minimum atomic E-state index is 0.160. The topological polar surface area (TPSA) is 34.6 Å². The molecule has 0 radical (unpaired) electrons. The van der Waals surface area contributed by atoms with Gasteiger partial charge in [0, 0.05) is 30.4 Å². The monoisotopic (exact) mass is 272 g/mol. The Kier molecular flexibility index (Phi) is 3.74. The third-order valence-electron chi connectivity index (χ3n) is 3.42. The summed E-state index contributed by atoms with van der Waals surface area (Å²) in [5, 5.41) is 1.07. The van der Waals surface area contributed by atoms with Gasteiger partial charge in [-0.05, 0) is 38.1 Å². The molecular formula is C16H20N2O2. The maximum Gasteiger partial charge on any atom is 0.130 e. The van der Waals surface area contributed by atoms with Gasteiger partial charge in [0.1, 0.15) is 5.75 Å². The lowest BCUT2D eigenvalue weighted by molar-refractivity contribution is 0.122. The maximum atomic E-state index is 5.89. The van der Waals surface area contributed by atoms with Gasteiger partial charge in [-0.3, -0.25) is 4.98 Å². The number of benzene rings is 1. The van der Waals surface area contributed by atoms with Crippen LogP contribution in [-0.4, -0.2) is 37.4 Å². The molecule has 0 aliphatic carbocycles. The zero-order chi connectivity index (χ0) is 13.9. The molecule has 106 valence electrons. The van der Waals surface area contributed by atoms with Crippen LogP contribution in [0.4, 0.5) is 5.69 Å². The first kappa shape index (κ1) is 13.2. The van der Waals surface area contributed by atoms with Crippen LogP contribution >= 0.6 is 0 Å². The van der Waals surface area contributed by atoms with Crippen LogP contribution in [0, 0.1) is 0 Å². The maximum absolute atomic E-state index is 5.89. The Balaban J connectivity index is 1.99. The molecule has 1 aromatic heterocycles. The van der Waals surface area contributed by atoms with Crippen LogP contribution < -0.4 is 9.64 Å². The normalized spacial score (nSPS) is 15.8. The van der Waals surface area contributed by atoms with Crippen molar-refractivity contribution in [2.24, 2.45) is 0 Å². The van der Waals surface area contributed by atoms with Gasteiger partial charge < -0.3 is 14.4 Å². The fourth-order valence-electron chi connectivity index (χ4n) is 2.48. The first-order chi connectivity index (χ1) is 9.74. The van der Waals surface area contributed by atoms with Crippen LogP contribution in [0.5, 0.6) is 5.75 Å². The van der Waals surface area contributed by atoms with Crippen molar-refractivity contribution in [3.63, 3.8) is 0 Å². The zero-order valence-corrected chi connectivity index (χ0v) is 12.0. The van der Waals surface area contributed by atoms with E-state index in [1.54, 1.807) is 6.20 Å². The molecule has 1 aliphatic rings. The van der Waals surface area contributed by atoms with Crippen molar-refractivity contribution in [1.29, 1.82) is 0 Å². The number of hydrogen-bond acceptors (Lipinski definition) is 4. The number of pyridine rings is 1. The molecule has 1 saturated heterocycles. The molecule has 20 heavy (non-hydrogen) atoms. The van der Waals surface area contributed by atoms with Crippen molar-refractivity contribution in [1.82, 2.24) is 4.98 Å². The molecule has 0 atom stereocenters. The van der Waals surface area contributed by atoms with E-state index in [0.717, 1.165) is 43.0 Å². The average Bonchev–Trinajstić information content (AvgIpc) is 2.47. The largest absolute Gasteiger partial charge is 0.490 e. The summed E-state index contributed by atoms with van der Waals surface area (Å²) >= 11 is 0. The van der Waals surface area contributed by atoms with Crippen molar-refractivity contribution in [3.8, 4) is 5.75 Å². The molecule has 0 unspecified atom stereocenters. The fraction of sp³-hybridized carbons (Fsp3) is 0.438. The number of aromatic nitrogens is 1.